The molecule has 11 nitrogen and oxygen atoms in total. The molecule has 48 heavy (non-hydrogen) atoms. The van der Waals surface area contributed by atoms with Crippen molar-refractivity contribution < 1.29 is 19.2 Å². The summed E-state index contributed by atoms with van der Waals surface area (Å²) in [6.45, 7) is 7.28. The largest absolute Gasteiger partial charge is 0.343 e. The highest BCUT2D eigenvalue weighted by atomic mass is 16.2. The summed E-state index contributed by atoms with van der Waals surface area (Å²) >= 11 is 0. The summed E-state index contributed by atoms with van der Waals surface area (Å²) < 4.78 is 0. The monoisotopic (exact) mass is 659 g/mol. The predicted molar refractivity (Wildman–Crippen MR) is 188 cm³/mol. The van der Waals surface area contributed by atoms with Gasteiger partial charge in [0.2, 0.25) is 23.6 Å². The zero-order valence-corrected chi connectivity index (χ0v) is 28.6. The minimum Gasteiger partial charge on any atom is -0.343 e. The fraction of sp³-hybridized carbons (Fsp3) is 0.514. The topological polar surface area (TPSA) is 163 Å². The van der Waals surface area contributed by atoms with Crippen LogP contribution in [0.3, 0.4) is 0 Å². The normalized spacial score (nSPS) is 17.1. The van der Waals surface area contributed by atoms with Crippen LogP contribution in [0.1, 0.15) is 50.7 Å². The maximum atomic E-state index is 13.9. The van der Waals surface area contributed by atoms with Gasteiger partial charge in [0.25, 0.3) is 0 Å². The number of rotatable bonds is 17. The third kappa shape index (κ3) is 10.7. The number of likely N-dealkylation sites (N-methyl/N-ethyl adjacent to an activating group) is 1. The van der Waals surface area contributed by atoms with E-state index in [1.807, 2.05) is 79.4 Å². The molecule has 2 aromatic rings. The average molecular weight is 660 g/mol. The SMILES string of the molecule is CC(C)CC(NC(=O)C(Cc1ccccc1)NC(=O)C(N)Cc1ccccc1)C(=O)NC(CCCCN)C(=O)N1CC2=C(CN(C)C2)C1. The van der Waals surface area contributed by atoms with E-state index in [9.17, 15) is 19.2 Å². The highest BCUT2D eigenvalue weighted by molar-refractivity contribution is 5.95. The Morgan fingerprint density at radius 3 is 1.79 bits per heavy atom. The summed E-state index contributed by atoms with van der Waals surface area (Å²) in [5, 5.41) is 8.75. The Hall–Kier alpha value is -4.06. The number of nitrogens with one attached hydrogen (secondary N) is 3. The summed E-state index contributed by atoms with van der Waals surface area (Å²) in [6, 6.07) is 15.4. The first-order valence-electron chi connectivity index (χ1n) is 17.2. The first-order chi connectivity index (χ1) is 23.0. The molecule has 2 aliphatic heterocycles. The van der Waals surface area contributed by atoms with Crippen LogP contribution in [0.5, 0.6) is 0 Å². The van der Waals surface area contributed by atoms with Gasteiger partial charge in [0.1, 0.15) is 18.1 Å². The van der Waals surface area contributed by atoms with E-state index in [1.54, 1.807) is 0 Å². The van der Waals surface area contributed by atoms with Gasteiger partial charge in [0.05, 0.1) is 6.04 Å². The van der Waals surface area contributed by atoms with E-state index in [2.05, 4.69) is 27.9 Å². The molecule has 2 aromatic carbocycles. The van der Waals surface area contributed by atoms with Gasteiger partial charge in [-0.15, -0.1) is 0 Å². The van der Waals surface area contributed by atoms with Crippen molar-refractivity contribution in [2.75, 3.05) is 39.8 Å². The van der Waals surface area contributed by atoms with E-state index in [-0.39, 0.29) is 18.2 Å². The van der Waals surface area contributed by atoms with Crippen LogP contribution in [-0.4, -0.2) is 97.4 Å². The van der Waals surface area contributed by atoms with Crippen LogP contribution in [0.15, 0.2) is 71.8 Å². The number of nitrogens with zero attached hydrogens (tertiary/aromatic N) is 2. The van der Waals surface area contributed by atoms with Gasteiger partial charge in [-0.1, -0.05) is 74.5 Å². The Labute approximate surface area is 284 Å². The van der Waals surface area contributed by atoms with Crippen LogP contribution in [-0.2, 0) is 32.0 Å². The number of hydrogen-bond donors (Lipinski definition) is 5. The minimum absolute atomic E-state index is 0.0663. The number of carbonyl (C=O) groups excluding carboxylic acids is 4. The Morgan fingerprint density at radius 1 is 0.708 bits per heavy atom. The molecule has 4 atom stereocenters. The molecule has 0 radical (unpaired) electrons. The Morgan fingerprint density at radius 2 is 1.23 bits per heavy atom. The van der Waals surface area contributed by atoms with Crippen molar-refractivity contribution in [1.82, 2.24) is 25.8 Å². The third-order valence-corrected chi connectivity index (χ3v) is 8.95. The van der Waals surface area contributed by atoms with Crippen LogP contribution in [0.25, 0.3) is 0 Å². The van der Waals surface area contributed by atoms with Gasteiger partial charge in [0, 0.05) is 32.6 Å². The molecule has 0 fully saturated rings. The van der Waals surface area contributed by atoms with Gasteiger partial charge in [0.15, 0.2) is 0 Å². The van der Waals surface area contributed by atoms with Gasteiger partial charge in [-0.05, 0) is 73.9 Å². The Bertz CT molecular complexity index is 1400. The summed E-state index contributed by atoms with van der Waals surface area (Å²) in [6.07, 6.45) is 2.76. The number of carbonyl (C=O) groups is 4. The molecule has 0 saturated carbocycles. The van der Waals surface area contributed by atoms with Crippen LogP contribution < -0.4 is 27.4 Å². The fourth-order valence-electron chi connectivity index (χ4n) is 6.44. The number of unbranched alkanes of at least 4 members (excludes halogenated alkanes) is 1. The molecule has 0 aromatic heterocycles. The Balaban J connectivity index is 1.47. The number of benzene rings is 2. The van der Waals surface area contributed by atoms with Gasteiger partial charge in [-0.25, -0.2) is 0 Å². The smallest absolute Gasteiger partial charge is 0.245 e. The number of hydrogen-bond acceptors (Lipinski definition) is 7. The molecule has 4 rings (SSSR count). The molecule has 11 heteroatoms. The summed E-state index contributed by atoms with van der Waals surface area (Å²) in [5.41, 5.74) is 16.3. The van der Waals surface area contributed by atoms with Crippen LogP contribution in [0.4, 0.5) is 0 Å². The standard InChI is InChI=1S/C37H53N7O4/c1-25(2)18-32(35(46)40-31(16-10-11-17-38)37(48)44-23-28-21-43(3)22-29(28)24-44)42-36(47)33(20-27-14-8-5-9-15-27)41-34(45)30(39)19-26-12-6-4-7-13-26/h4-9,12-15,25,30-33H,10-11,16-24,38-39H2,1-3H3,(H,40,46)(H,41,45)(H,42,47). The lowest BCUT2D eigenvalue weighted by Gasteiger charge is -2.29. The van der Waals surface area contributed by atoms with E-state index >= 15 is 0 Å². The molecule has 4 amide bonds. The van der Waals surface area contributed by atoms with Gasteiger partial charge < -0.3 is 32.3 Å². The second-order valence-electron chi connectivity index (χ2n) is 13.7. The van der Waals surface area contributed by atoms with Gasteiger partial charge in [-0.2, -0.15) is 0 Å². The van der Waals surface area contributed by atoms with Crippen molar-refractivity contribution in [2.24, 2.45) is 17.4 Å². The number of nitrogens with two attached hydrogens (primary N) is 2. The zero-order chi connectivity index (χ0) is 34.6. The van der Waals surface area contributed by atoms with Crippen molar-refractivity contribution >= 4 is 23.6 Å². The number of amides is 4. The zero-order valence-electron chi connectivity index (χ0n) is 28.6. The maximum Gasteiger partial charge on any atom is 0.245 e. The molecular weight excluding hydrogens is 606 g/mol. The summed E-state index contributed by atoms with van der Waals surface area (Å²) in [4.78, 5) is 58.9. The molecular formula is C37H53N7O4. The van der Waals surface area contributed by atoms with E-state index in [0.29, 0.717) is 45.3 Å². The molecule has 2 aliphatic rings. The van der Waals surface area contributed by atoms with Crippen molar-refractivity contribution in [3.8, 4) is 0 Å². The summed E-state index contributed by atoms with van der Waals surface area (Å²) in [7, 11) is 2.07. The fourth-order valence-corrected chi connectivity index (χ4v) is 6.44. The molecule has 0 bridgehead atoms. The van der Waals surface area contributed by atoms with Crippen LogP contribution >= 0.6 is 0 Å². The van der Waals surface area contributed by atoms with E-state index in [1.165, 1.54) is 11.1 Å². The maximum absolute atomic E-state index is 13.9. The highest BCUT2D eigenvalue weighted by Crippen LogP contribution is 2.25. The molecule has 0 spiro atoms. The van der Waals surface area contributed by atoms with Crippen molar-refractivity contribution in [2.45, 2.75) is 76.5 Å². The van der Waals surface area contributed by atoms with E-state index in [0.717, 1.165) is 30.6 Å². The average Bonchev–Trinajstić information content (AvgIpc) is 3.61. The van der Waals surface area contributed by atoms with Crippen molar-refractivity contribution in [1.29, 1.82) is 0 Å². The van der Waals surface area contributed by atoms with Gasteiger partial charge >= 0.3 is 0 Å². The second kappa shape index (κ2) is 17.9. The lowest BCUT2D eigenvalue weighted by Crippen LogP contribution is -2.58. The predicted octanol–water partition coefficient (Wildman–Crippen LogP) is 1.51. The summed E-state index contributed by atoms with van der Waals surface area (Å²) in [5.74, 6) is -1.42. The van der Waals surface area contributed by atoms with E-state index < -0.39 is 41.9 Å². The molecule has 4 unspecified atom stereocenters. The van der Waals surface area contributed by atoms with E-state index in [4.69, 9.17) is 11.5 Å². The molecule has 0 aliphatic carbocycles. The second-order valence-corrected chi connectivity index (χ2v) is 13.7. The van der Waals surface area contributed by atoms with Gasteiger partial charge in [-0.3, -0.25) is 24.1 Å². The minimum atomic E-state index is -0.970. The Kier molecular flexibility index (Phi) is 13.7. The molecule has 2 heterocycles. The highest BCUT2D eigenvalue weighted by Gasteiger charge is 2.36. The molecule has 7 N–H and O–H groups in total. The quantitative estimate of drug-likeness (QED) is 0.127. The lowest BCUT2D eigenvalue weighted by molar-refractivity contribution is -0.137. The van der Waals surface area contributed by atoms with Crippen LogP contribution in [0.2, 0.25) is 0 Å². The first kappa shape index (κ1) is 36.8. The first-order valence-corrected chi connectivity index (χ1v) is 17.2. The molecule has 260 valence electrons. The van der Waals surface area contributed by atoms with Crippen molar-refractivity contribution in [3.05, 3.63) is 82.9 Å². The van der Waals surface area contributed by atoms with Crippen molar-refractivity contribution in [3.63, 3.8) is 0 Å². The molecule has 0 saturated heterocycles. The van der Waals surface area contributed by atoms with Crippen LogP contribution in [0, 0.1) is 5.92 Å². The lowest BCUT2D eigenvalue weighted by atomic mass is 9.99. The third-order valence-electron chi connectivity index (χ3n) is 8.95.